The second-order valence-corrected chi connectivity index (χ2v) is 5.41. The summed E-state index contributed by atoms with van der Waals surface area (Å²) in [6.07, 6.45) is 1.99. The molecule has 3 rings (SSSR count). The van der Waals surface area contributed by atoms with Crippen molar-refractivity contribution in [2.45, 2.75) is 12.5 Å². The minimum absolute atomic E-state index is 0.161. The molecule has 0 saturated heterocycles. The van der Waals surface area contributed by atoms with Crippen LogP contribution in [0.5, 0.6) is 17.2 Å². The molecule has 1 aliphatic rings. The highest BCUT2D eigenvalue weighted by Crippen LogP contribution is 2.34. The third kappa shape index (κ3) is 3.05. The number of carbonyl (C=O) groups excluding carboxylic acids is 1. The Morgan fingerprint density at radius 3 is 2.79 bits per heavy atom. The number of para-hydroxylation sites is 1. The minimum Gasteiger partial charge on any atom is -0.493 e. The number of aromatic nitrogens is 1. The van der Waals surface area contributed by atoms with Crippen LogP contribution in [0.1, 0.15) is 16.1 Å². The van der Waals surface area contributed by atoms with Gasteiger partial charge in [-0.15, -0.1) is 0 Å². The third-order valence-electron chi connectivity index (χ3n) is 3.85. The predicted molar refractivity (Wildman–Crippen MR) is 87.1 cm³/mol. The number of fused-ring (bicyclic) bond motifs is 1. The van der Waals surface area contributed by atoms with Crippen LogP contribution in [0, 0.1) is 0 Å². The minimum atomic E-state index is -0.366. The summed E-state index contributed by atoms with van der Waals surface area (Å²) >= 11 is 0. The molecule has 2 N–H and O–H groups in total. The van der Waals surface area contributed by atoms with E-state index in [4.69, 9.17) is 14.2 Å². The maximum absolute atomic E-state index is 12.3. The summed E-state index contributed by atoms with van der Waals surface area (Å²) in [5, 5.41) is 2.86. The molecule has 126 valence electrons. The summed E-state index contributed by atoms with van der Waals surface area (Å²) in [6.45, 7) is 0.333. The lowest BCUT2D eigenvalue weighted by Crippen LogP contribution is -2.43. The first-order valence-electron chi connectivity index (χ1n) is 7.48. The van der Waals surface area contributed by atoms with Gasteiger partial charge < -0.3 is 24.5 Å². The smallest absolute Gasteiger partial charge is 0.268 e. The molecule has 7 heteroatoms. The highest BCUT2D eigenvalue weighted by molar-refractivity contribution is 5.92. The van der Waals surface area contributed by atoms with Crippen molar-refractivity contribution >= 4 is 5.91 Å². The number of benzene rings is 1. The van der Waals surface area contributed by atoms with Crippen LogP contribution in [0.3, 0.4) is 0 Å². The molecule has 0 aliphatic carbocycles. The Balaban J connectivity index is 1.72. The van der Waals surface area contributed by atoms with Gasteiger partial charge in [-0.3, -0.25) is 9.59 Å². The van der Waals surface area contributed by atoms with E-state index >= 15 is 0 Å². The van der Waals surface area contributed by atoms with Gasteiger partial charge in [-0.25, -0.2) is 0 Å². The summed E-state index contributed by atoms with van der Waals surface area (Å²) < 4.78 is 15.9. The van der Waals surface area contributed by atoms with Crippen LogP contribution >= 0.6 is 0 Å². The number of nitrogens with one attached hydrogen (secondary N) is 2. The van der Waals surface area contributed by atoms with Crippen LogP contribution < -0.4 is 25.0 Å². The van der Waals surface area contributed by atoms with Crippen molar-refractivity contribution in [3.05, 3.63) is 51.9 Å². The number of hydrogen-bond acceptors (Lipinski definition) is 5. The lowest BCUT2D eigenvalue weighted by atomic mass is 10.0. The Kier molecular flexibility index (Phi) is 4.41. The van der Waals surface area contributed by atoms with Gasteiger partial charge in [0.1, 0.15) is 12.3 Å². The van der Waals surface area contributed by atoms with Gasteiger partial charge in [0.15, 0.2) is 17.2 Å². The molecule has 24 heavy (non-hydrogen) atoms. The van der Waals surface area contributed by atoms with Gasteiger partial charge in [0.05, 0.1) is 20.3 Å². The van der Waals surface area contributed by atoms with E-state index in [1.807, 2.05) is 18.2 Å². The maximum Gasteiger partial charge on any atom is 0.268 e. The summed E-state index contributed by atoms with van der Waals surface area (Å²) in [5.41, 5.74) is 0.794. The number of aromatic amines is 1. The van der Waals surface area contributed by atoms with Gasteiger partial charge in [-0.2, -0.15) is 0 Å². The van der Waals surface area contributed by atoms with E-state index < -0.39 is 0 Å². The van der Waals surface area contributed by atoms with Crippen LogP contribution in [0.2, 0.25) is 0 Å². The van der Waals surface area contributed by atoms with E-state index in [1.54, 1.807) is 7.11 Å². The Labute approximate surface area is 138 Å². The topological polar surface area (TPSA) is 89.7 Å². The fourth-order valence-corrected chi connectivity index (χ4v) is 2.66. The summed E-state index contributed by atoms with van der Waals surface area (Å²) in [6, 6.07) is 6.68. The third-order valence-corrected chi connectivity index (χ3v) is 3.85. The number of ether oxygens (including phenoxy) is 3. The molecule has 0 fully saturated rings. The van der Waals surface area contributed by atoms with Crippen molar-refractivity contribution in [2.24, 2.45) is 0 Å². The highest BCUT2D eigenvalue weighted by atomic mass is 16.5. The molecule has 0 spiro atoms. The lowest BCUT2D eigenvalue weighted by Gasteiger charge is -2.27. The Morgan fingerprint density at radius 2 is 2.08 bits per heavy atom. The molecule has 1 aliphatic heterocycles. The normalized spacial score (nSPS) is 15.8. The van der Waals surface area contributed by atoms with E-state index in [2.05, 4.69) is 10.3 Å². The molecule has 1 aromatic heterocycles. The molecule has 1 unspecified atom stereocenters. The molecule has 1 atom stereocenters. The second-order valence-electron chi connectivity index (χ2n) is 5.41. The molecule has 2 aromatic rings. The largest absolute Gasteiger partial charge is 0.493 e. The van der Waals surface area contributed by atoms with Crippen molar-refractivity contribution in [3.63, 3.8) is 0 Å². The maximum atomic E-state index is 12.3. The van der Waals surface area contributed by atoms with Gasteiger partial charge in [0.2, 0.25) is 5.43 Å². The number of pyridine rings is 1. The number of hydrogen-bond donors (Lipinski definition) is 2. The first-order chi connectivity index (χ1) is 11.6. The molecule has 0 saturated carbocycles. The zero-order chi connectivity index (χ0) is 17.1. The zero-order valence-corrected chi connectivity index (χ0v) is 13.4. The molecule has 0 radical (unpaired) electrons. The van der Waals surface area contributed by atoms with E-state index in [0.717, 1.165) is 5.56 Å². The van der Waals surface area contributed by atoms with Crippen LogP contribution in [0.15, 0.2) is 35.3 Å². The second kappa shape index (κ2) is 6.66. The molecule has 0 bridgehead atoms. The molecular formula is C17H18N2O5. The van der Waals surface area contributed by atoms with Crippen LogP contribution in [-0.2, 0) is 6.42 Å². The predicted octanol–water partition coefficient (Wildman–Crippen LogP) is 1.13. The van der Waals surface area contributed by atoms with Crippen molar-refractivity contribution in [2.75, 3.05) is 20.8 Å². The fraction of sp³-hybridized carbons (Fsp3) is 0.294. The van der Waals surface area contributed by atoms with Gasteiger partial charge >= 0.3 is 0 Å². The van der Waals surface area contributed by atoms with Gasteiger partial charge in [0.25, 0.3) is 5.91 Å². The fourth-order valence-electron chi connectivity index (χ4n) is 2.66. The number of methoxy groups -OCH3 is 2. The molecule has 1 amide bonds. The number of rotatable bonds is 4. The van der Waals surface area contributed by atoms with Crippen molar-refractivity contribution in [3.8, 4) is 17.2 Å². The number of H-pyrrole nitrogens is 1. The number of carbonyl (C=O) groups is 1. The van der Waals surface area contributed by atoms with E-state index in [9.17, 15) is 9.59 Å². The number of amides is 1. The molecule has 1 aromatic carbocycles. The Morgan fingerprint density at radius 1 is 1.29 bits per heavy atom. The van der Waals surface area contributed by atoms with Gasteiger partial charge in [-0.05, 0) is 12.5 Å². The van der Waals surface area contributed by atoms with Crippen LogP contribution in [-0.4, -0.2) is 37.8 Å². The summed E-state index contributed by atoms with van der Waals surface area (Å²) in [4.78, 5) is 26.8. The Bertz CT molecular complexity index is 815. The molecule has 7 nitrogen and oxygen atoms in total. The molecular weight excluding hydrogens is 312 g/mol. The van der Waals surface area contributed by atoms with Crippen molar-refractivity contribution < 1.29 is 19.0 Å². The SMILES string of the molecule is COc1cccc2c1OCC(NC(=O)c1cc(=O)c(OC)c[nH]1)C2. The van der Waals surface area contributed by atoms with Crippen molar-refractivity contribution in [1.82, 2.24) is 10.3 Å². The summed E-state index contributed by atoms with van der Waals surface area (Å²) in [5.74, 6) is 1.18. The van der Waals surface area contributed by atoms with E-state index in [-0.39, 0.29) is 28.8 Å². The lowest BCUT2D eigenvalue weighted by molar-refractivity contribution is 0.0909. The highest BCUT2D eigenvalue weighted by Gasteiger charge is 2.24. The quantitative estimate of drug-likeness (QED) is 0.877. The van der Waals surface area contributed by atoms with E-state index in [1.165, 1.54) is 19.4 Å². The van der Waals surface area contributed by atoms with Crippen LogP contribution in [0.4, 0.5) is 0 Å². The standard InChI is InChI=1S/C17H18N2O5/c1-22-14-5-3-4-10-6-11(9-24-16(10)14)19-17(21)12-7-13(20)15(23-2)8-18-12/h3-5,7-8,11H,6,9H2,1-2H3,(H,18,20)(H,19,21). The van der Waals surface area contributed by atoms with Gasteiger partial charge in [-0.1, -0.05) is 12.1 Å². The monoisotopic (exact) mass is 330 g/mol. The first-order valence-corrected chi connectivity index (χ1v) is 7.48. The molecule has 2 heterocycles. The average molecular weight is 330 g/mol. The zero-order valence-electron chi connectivity index (χ0n) is 13.4. The summed E-state index contributed by atoms with van der Waals surface area (Å²) in [7, 11) is 2.99. The Hall–Kier alpha value is -2.96. The van der Waals surface area contributed by atoms with Crippen LogP contribution in [0.25, 0.3) is 0 Å². The van der Waals surface area contributed by atoms with E-state index in [0.29, 0.717) is 24.5 Å². The van der Waals surface area contributed by atoms with Gasteiger partial charge in [0, 0.05) is 17.8 Å². The van der Waals surface area contributed by atoms with Crippen molar-refractivity contribution in [1.29, 1.82) is 0 Å². The average Bonchev–Trinajstić information content (AvgIpc) is 2.60. The first kappa shape index (κ1) is 15.9.